The number of hydrogen-bond acceptors (Lipinski definition) is 2. The predicted octanol–water partition coefficient (Wildman–Crippen LogP) is 3.63. The SMILES string of the molecule is COc1ccc(Cl)cc1C(=O)NC1CCCCC1Cl. The normalized spacial score (nSPS) is 22.9. The zero-order valence-electron chi connectivity index (χ0n) is 10.8. The summed E-state index contributed by atoms with van der Waals surface area (Å²) in [4.78, 5) is 12.3. The predicted molar refractivity (Wildman–Crippen MR) is 77.4 cm³/mol. The maximum absolute atomic E-state index is 12.3. The third-order valence-corrected chi connectivity index (χ3v) is 4.16. The fraction of sp³-hybridized carbons (Fsp3) is 0.500. The van der Waals surface area contributed by atoms with Gasteiger partial charge in [0.2, 0.25) is 0 Å². The lowest BCUT2D eigenvalue weighted by molar-refractivity contribution is 0.0925. The van der Waals surface area contributed by atoms with E-state index in [1.54, 1.807) is 18.2 Å². The molecule has 1 aromatic carbocycles. The molecule has 0 aliphatic heterocycles. The first-order valence-electron chi connectivity index (χ1n) is 6.40. The van der Waals surface area contributed by atoms with Gasteiger partial charge >= 0.3 is 0 Å². The van der Waals surface area contributed by atoms with Crippen molar-refractivity contribution in [2.75, 3.05) is 7.11 Å². The van der Waals surface area contributed by atoms with E-state index in [1.165, 1.54) is 7.11 Å². The van der Waals surface area contributed by atoms with Crippen molar-refractivity contribution in [2.24, 2.45) is 0 Å². The Labute approximate surface area is 123 Å². The number of halogens is 2. The van der Waals surface area contributed by atoms with Gasteiger partial charge in [-0.05, 0) is 31.0 Å². The zero-order chi connectivity index (χ0) is 13.8. The van der Waals surface area contributed by atoms with Crippen LogP contribution in [0.2, 0.25) is 5.02 Å². The van der Waals surface area contributed by atoms with Gasteiger partial charge in [-0.2, -0.15) is 0 Å². The van der Waals surface area contributed by atoms with Gasteiger partial charge < -0.3 is 10.1 Å². The molecule has 3 nitrogen and oxygen atoms in total. The van der Waals surface area contributed by atoms with E-state index in [9.17, 15) is 4.79 Å². The molecule has 2 unspecified atom stereocenters. The number of amides is 1. The first-order valence-corrected chi connectivity index (χ1v) is 7.21. The van der Waals surface area contributed by atoms with Crippen LogP contribution in [0.25, 0.3) is 0 Å². The number of rotatable bonds is 3. The van der Waals surface area contributed by atoms with Crippen molar-refractivity contribution in [3.8, 4) is 5.75 Å². The maximum Gasteiger partial charge on any atom is 0.255 e. The molecule has 104 valence electrons. The Kier molecular flexibility index (Phi) is 4.94. The highest BCUT2D eigenvalue weighted by Crippen LogP contribution is 2.26. The van der Waals surface area contributed by atoms with Crippen molar-refractivity contribution in [3.05, 3.63) is 28.8 Å². The molecule has 5 heteroatoms. The van der Waals surface area contributed by atoms with E-state index in [-0.39, 0.29) is 17.3 Å². The van der Waals surface area contributed by atoms with Crippen LogP contribution in [0, 0.1) is 0 Å². The maximum atomic E-state index is 12.3. The van der Waals surface area contributed by atoms with Gasteiger partial charge in [0.25, 0.3) is 5.91 Å². The van der Waals surface area contributed by atoms with E-state index in [2.05, 4.69) is 5.32 Å². The smallest absolute Gasteiger partial charge is 0.255 e. The third kappa shape index (κ3) is 3.54. The highest BCUT2D eigenvalue weighted by Gasteiger charge is 2.25. The second-order valence-electron chi connectivity index (χ2n) is 4.73. The largest absolute Gasteiger partial charge is 0.496 e. The number of methoxy groups -OCH3 is 1. The van der Waals surface area contributed by atoms with E-state index < -0.39 is 0 Å². The lowest BCUT2D eigenvalue weighted by Crippen LogP contribution is -2.42. The molecular formula is C14H17Cl2NO2. The fourth-order valence-electron chi connectivity index (χ4n) is 2.35. The Hall–Kier alpha value is -0.930. The monoisotopic (exact) mass is 301 g/mol. The number of carbonyl (C=O) groups is 1. The topological polar surface area (TPSA) is 38.3 Å². The molecule has 0 bridgehead atoms. The van der Waals surface area contributed by atoms with Crippen LogP contribution in [0.5, 0.6) is 5.75 Å². The average Bonchev–Trinajstić information content (AvgIpc) is 2.41. The molecule has 2 atom stereocenters. The van der Waals surface area contributed by atoms with E-state index >= 15 is 0 Å². The van der Waals surface area contributed by atoms with Crippen molar-refractivity contribution in [2.45, 2.75) is 37.1 Å². The molecule has 1 amide bonds. The minimum Gasteiger partial charge on any atom is -0.496 e. The van der Waals surface area contributed by atoms with Gasteiger partial charge in [-0.3, -0.25) is 4.79 Å². The van der Waals surface area contributed by atoms with Gasteiger partial charge in [-0.1, -0.05) is 24.4 Å². The Morgan fingerprint density at radius 1 is 1.37 bits per heavy atom. The van der Waals surface area contributed by atoms with Crippen LogP contribution in [0.3, 0.4) is 0 Å². The Morgan fingerprint density at radius 3 is 2.79 bits per heavy atom. The highest BCUT2D eigenvalue weighted by molar-refractivity contribution is 6.31. The lowest BCUT2D eigenvalue weighted by atomic mass is 9.94. The van der Waals surface area contributed by atoms with Crippen molar-refractivity contribution < 1.29 is 9.53 Å². The number of ether oxygens (including phenoxy) is 1. The molecule has 1 aliphatic carbocycles. The van der Waals surface area contributed by atoms with Gasteiger partial charge in [0.1, 0.15) is 5.75 Å². The number of nitrogens with one attached hydrogen (secondary N) is 1. The summed E-state index contributed by atoms with van der Waals surface area (Å²) in [5, 5.41) is 3.49. The van der Waals surface area contributed by atoms with Crippen LogP contribution in [0.15, 0.2) is 18.2 Å². The van der Waals surface area contributed by atoms with Gasteiger partial charge in [0.05, 0.1) is 18.1 Å². The molecule has 0 heterocycles. The van der Waals surface area contributed by atoms with Crippen LogP contribution in [0.4, 0.5) is 0 Å². The molecule has 0 aromatic heterocycles. The van der Waals surface area contributed by atoms with Crippen LogP contribution < -0.4 is 10.1 Å². The molecule has 0 radical (unpaired) electrons. The molecule has 2 rings (SSSR count). The summed E-state index contributed by atoms with van der Waals surface area (Å²) in [6.07, 6.45) is 4.09. The van der Waals surface area contributed by atoms with Crippen molar-refractivity contribution in [1.29, 1.82) is 0 Å². The van der Waals surface area contributed by atoms with Crippen LogP contribution in [-0.4, -0.2) is 24.4 Å². The second-order valence-corrected chi connectivity index (χ2v) is 5.72. The number of hydrogen-bond donors (Lipinski definition) is 1. The van der Waals surface area contributed by atoms with Crippen LogP contribution in [-0.2, 0) is 0 Å². The highest BCUT2D eigenvalue weighted by atomic mass is 35.5. The minimum atomic E-state index is -0.183. The lowest BCUT2D eigenvalue weighted by Gasteiger charge is -2.28. The Morgan fingerprint density at radius 2 is 2.11 bits per heavy atom. The summed E-state index contributed by atoms with van der Waals surface area (Å²) in [7, 11) is 1.53. The Balaban J connectivity index is 2.13. The van der Waals surface area contributed by atoms with E-state index in [1.807, 2.05) is 0 Å². The fourth-order valence-corrected chi connectivity index (χ4v) is 2.87. The summed E-state index contributed by atoms with van der Waals surface area (Å²) in [5.41, 5.74) is 0.449. The number of carbonyl (C=O) groups excluding carboxylic acids is 1. The van der Waals surface area contributed by atoms with E-state index in [4.69, 9.17) is 27.9 Å². The molecule has 1 aliphatic rings. The second kappa shape index (κ2) is 6.49. The van der Waals surface area contributed by atoms with Crippen molar-refractivity contribution in [1.82, 2.24) is 5.32 Å². The van der Waals surface area contributed by atoms with Gasteiger partial charge in [0.15, 0.2) is 0 Å². The van der Waals surface area contributed by atoms with Gasteiger partial charge in [-0.25, -0.2) is 0 Å². The average molecular weight is 302 g/mol. The standard InChI is InChI=1S/C14H17Cl2NO2/c1-19-13-7-6-9(15)8-10(13)14(18)17-12-5-3-2-4-11(12)16/h6-8,11-12H,2-5H2,1H3,(H,17,18). The molecule has 19 heavy (non-hydrogen) atoms. The summed E-state index contributed by atoms with van der Waals surface area (Å²) in [6, 6.07) is 5.02. The number of benzene rings is 1. The van der Waals surface area contributed by atoms with Gasteiger partial charge in [-0.15, -0.1) is 11.6 Å². The summed E-state index contributed by atoms with van der Waals surface area (Å²) < 4.78 is 5.19. The first-order chi connectivity index (χ1) is 9.11. The quantitative estimate of drug-likeness (QED) is 0.866. The molecule has 1 N–H and O–H groups in total. The van der Waals surface area contributed by atoms with Crippen LogP contribution in [0.1, 0.15) is 36.0 Å². The minimum absolute atomic E-state index is 0.00267. The summed E-state index contributed by atoms with van der Waals surface area (Å²) in [6.45, 7) is 0. The number of alkyl halides is 1. The molecule has 1 aromatic rings. The molecule has 0 spiro atoms. The third-order valence-electron chi connectivity index (χ3n) is 3.40. The zero-order valence-corrected chi connectivity index (χ0v) is 12.3. The van der Waals surface area contributed by atoms with Gasteiger partial charge in [0, 0.05) is 11.1 Å². The molecule has 1 saturated carbocycles. The van der Waals surface area contributed by atoms with E-state index in [0.29, 0.717) is 16.3 Å². The summed E-state index contributed by atoms with van der Waals surface area (Å²) >= 11 is 12.2. The van der Waals surface area contributed by atoms with Crippen molar-refractivity contribution >= 4 is 29.1 Å². The molecule has 1 fully saturated rings. The first kappa shape index (κ1) is 14.5. The summed E-state index contributed by atoms with van der Waals surface area (Å²) in [5.74, 6) is 0.334. The van der Waals surface area contributed by atoms with E-state index in [0.717, 1.165) is 25.7 Å². The van der Waals surface area contributed by atoms with Crippen LogP contribution >= 0.6 is 23.2 Å². The molecule has 0 saturated heterocycles. The Bertz CT molecular complexity index is 465. The molecular weight excluding hydrogens is 285 g/mol. The van der Waals surface area contributed by atoms with Crippen molar-refractivity contribution in [3.63, 3.8) is 0 Å².